The van der Waals surface area contributed by atoms with E-state index in [0.717, 1.165) is 43.1 Å². The first-order chi connectivity index (χ1) is 13.9. The van der Waals surface area contributed by atoms with Gasteiger partial charge in [-0.15, -0.1) is 24.0 Å². The normalized spacial score (nSPS) is 15.6. The lowest BCUT2D eigenvalue weighted by Gasteiger charge is -2.29. The van der Waals surface area contributed by atoms with Crippen LogP contribution in [0.4, 0.5) is 0 Å². The van der Waals surface area contributed by atoms with Crippen molar-refractivity contribution in [1.82, 2.24) is 20.4 Å². The molecule has 0 radical (unpaired) electrons. The molecule has 1 aliphatic heterocycles. The average molecular weight is 530 g/mol. The van der Waals surface area contributed by atoms with Gasteiger partial charge >= 0.3 is 0 Å². The van der Waals surface area contributed by atoms with Crippen LogP contribution < -0.4 is 10.6 Å². The molecule has 1 atom stereocenters. The molecule has 6 nitrogen and oxygen atoms in total. The lowest BCUT2D eigenvalue weighted by molar-refractivity contribution is 0.0827. The molecule has 1 aromatic rings. The summed E-state index contributed by atoms with van der Waals surface area (Å²) >= 11 is 0. The van der Waals surface area contributed by atoms with Crippen LogP contribution >= 0.6 is 24.0 Å². The minimum atomic E-state index is 0. The predicted octanol–water partition coefficient (Wildman–Crippen LogP) is 3.22. The van der Waals surface area contributed by atoms with E-state index in [1.165, 1.54) is 25.9 Å². The monoisotopic (exact) mass is 529 g/mol. The predicted molar refractivity (Wildman–Crippen MR) is 137 cm³/mol. The molecule has 2 N–H and O–H groups in total. The Bertz CT molecular complexity index is 671. The Labute approximate surface area is 199 Å². The molecule has 1 unspecified atom stereocenters. The first-order valence-corrected chi connectivity index (χ1v) is 11.0. The summed E-state index contributed by atoms with van der Waals surface area (Å²) in [7, 11) is 3.56. The molecule has 1 saturated heterocycles. The maximum absolute atomic E-state index is 12.2. The van der Waals surface area contributed by atoms with Gasteiger partial charge in [-0.05, 0) is 62.9 Å². The maximum atomic E-state index is 12.2. The Kier molecular flexibility index (Phi) is 12.3. The van der Waals surface area contributed by atoms with E-state index in [4.69, 9.17) is 4.99 Å². The molecule has 0 bridgehead atoms. The van der Waals surface area contributed by atoms with Crippen LogP contribution in [0.5, 0.6) is 0 Å². The van der Waals surface area contributed by atoms with E-state index in [1.54, 1.807) is 19.0 Å². The standard InChI is InChI=1S/C23H39N5O.HI/c1-6-24-23(26-17-21(18(2)3)28-14-7-8-15-28)25-13-12-19-10-9-11-20(16-19)22(29)27(4)5;/h9-11,16,18,21H,6-8,12-15,17H2,1-5H3,(H2,24,25,26);1H. The highest BCUT2D eigenvalue weighted by molar-refractivity contribution is 14.0. The van der Waals surface area contributed by atoms with Crippen LogP contribution in [0.15, 0.2) is 29.3 Å². The molecule has 0 aliphatic carbocycles. The molecule has 1 amide bonds. The molecule has 0 aromatic heterocycles. The second-order valence-corrected chi connectivity index (χ2v) is 8.35. The van der Waals surface area contributed by atoms with Gasteiger partial charge in [-0.25, -0.2) is 0 Å². The van der Waals surface area contributed by atoms with E-state index < -0.39 is 0 Å². The van der Waals surface area contributed by atoms with Crippen molar-refractivity contribution in [3.8, 4) is 0 Å². The molecule has 1 aliphatic rings. The highest BCUT2D eigenvalue weighted by Crippen LogP contribution is 2.18. The number of hydrogen-bond acceptors (Lipinski definition) is 3. The number of guanidine groups is 1. The number of amides is 1. The Morgan fingerprint density at radius 3 is 2.50 bits per heavy atom. The van der Waals surface area contributed by atoms with Gasteiger partial charge in [0.15, 0.2) is 5.96 Å². The van der Waals surface area contributed by atoms with Crippen molar-refractivity contribution >= 4 is 35.8 Å². The molecular weight excluding hydrogens is 489 g/mol. The SMILES string of the molecule is CCNC(=NCC(C(C)C)N1CCCC1)NCCc1cccc(C(=O)N(C)C)c1.I. The lowest BCUT2D eigenvalue weighted by Crippen LogP contribution is -2.42. The van der Waals surface area contributed by atoms with Gasteiger partial charge in [-0.3, -0.25) is 14.7 Å². The highest BCUT2D eigenvalue weighted by Gasteiger charge is 2.24. The third-order valence-electron chi connectivity index (χ3n) is 5.45. The Hall–Kier alpha value is -1.35. The maximum Gasteiger partial charge on any atom is 0.253 e. The van der Waals surface area contributed by atoms with E-state index in [0.29, 0.717) is 12.0 Å². The molecule has 1 heterocycles. The van der Waals surface area contributed by atoms with E-state index in [9.17, 15) is 4.79 Å². The Morgan fingerprint density at radius 2 is 1.90 bits per heavy atom. The third kappa shape index (κ3) is 8.41. The van der Waals surface area contributed by atoms with Gasteiger partial charge in [0.1, 0.15) is 0 Å². The van der Waals surface area contributed by atoms with Crippen molar-refractivity contribution < 1.29 is 4.79 Å². The first kappa shape index (κ1) is 26.7. The van der Waals surface area contributed by atoms with Crippen LogP contribution in [0, 0.1) is 5.92 Å². The number of aliphatic imine (C=N–C) groups is 1. The molecule has 7 heteroatoms. The van der Waals surface area contributed by atoms with Crippen molar-refractivity contribution in [3.63, 3.8) is 0 Å². The quantitative estimate of drug-likeness (QED) is 0.293. The van der Waals surface area contributed by atoms with Gasteiger partial charge in [0.2, 0.25) is 0 Å². The van der Waals surface area contributed by atoms with Gasteiger partial charge in [0.05, 0.1) is 6.54 Å². The van der Waals surface area contributed by atoms with Crippen LogP contribution in [-0.4, -0.2) is 74.5 Å². The number of benzene rings is 1. The van der Waals surface area contributed by atoms with Crippen LogP contribution in [0.3, 0.4) is 0 Å². The smallest absolute Gasteiger partial charge is 0.253 e. The molecular formula is C23H40IN5O. The second kappa shape index (κ2) is 13.9. The molecule has 30 heavy (non-hydrogen) atoms. The number of rotatable bonds is 9. The average Bonchev–Trinajstić information content (AvgIpc) is 3.21. The van der Waals surface area contributed by atoms with Crippen molar-refractivity contribution in [3.05, 3.63) is 35.4 Å². The van der Waals surface area contributed by atoms with E-state index >= 15 is 0 Å². The Morgan fingerprint density at radius 1 is 1.20 bits per heavy atom. The van der Waals surface area contributed by atoms with Crippen molar-refractivity contribution in [1.29, 1.82) is 0 Å². The minimum Gasteiger partial charge on any atom is -0.357 e. The fourth-order valence-corrected chi connectivity index (χ4v) is 3.79. The Balaban J connectivity index is 0.00000450. The van der Waals surface area contributed by atoms with E-state index in [2.05, 4.69) is 42.4 Å². The largest absolute Gasteiger partial charge is 0.357 e. The summed E-state index contributed by atoms with van der Waals surface area (Å²) in [5, 5.41) is 6.81. The summed E-state index contributed by atoms with van der Waals surface area (Å²) in [4.78, 5) is 21.2. The number of hydrogen-bond donors (Lipinski definition) is 2. The van der Waals surface area contributed by atoms with Gasteiger partial charge in [0, 0.05) is 38.8 Å². The molecule has 1 fully saturated rings. The first-order valence-electron chi connectivity index (χ1n) is 11.0. The van der Waals surface area contributed by atoms with Gasteiger partial charge in [-0.2, -0.15) is 0 Å². The number of halogens is 1. The molecule has 0 saturated carbocycles. The summed E-state index contributed by atoms with van der Waals surface area (Å²) in [6, 6.07) is 8.38. The number of carbonyl (C=O) groups is 1. The van der Waals surface area contributed by atoms with Crippen molar-refractivity contribution in [2.24, 2.45) is 10.9 Å². The number of nitrogens with zero attached hydrogens (tertiary/aromatic N) is 3. The topological polar surface area (TPSA) is 60.0 Å². The van der Waals surface area contributed by atoms with E-state index in [-0.39, 0.29) is 29.9 Å². The van der Waals surface area contributed by atoms with Crippen LogP contribution in [-0.2, 0) is 6.42 Å². The van der Waals surface area contributed by atoms with Crippen molar-refractivity contribution in [2.75, 3.05) is 46.8 Å². The van der Waals surface area contributed by atoms with Crippen LogP contribution in [0.25, 0.3) is 0 Å². The summed E-state index contributed by atoms with van der Waals surface area (Å²) in [5.74, 6) is 1.51. The number of likely N-dealkylation sites (tertiary alicyclic amines) is 1. The second-order valence-electron chi connectivity index (χ2n) is 8.35. The molecule has 0 spiro atoms. The molecule has 2 rings (SSSR count). The third-order valence-corrected chi connectivity index (χ3v) is 5.45. The molecule has 1 aromatic carbocycles. The van der Waals surface area contributed by atoms with Crippen LogP contribution in [0.1, 0.15) is 49.5 Å². The number of carbonyl (C=O) groups excluding carboxylic acids is 1. The lowest BCUT2D eigenvalue weighted by atomic mass is 10.0. The van der Waals surface area contributed by atoms with Crippen molar-refractivity contribution in [2.45, 2.75) is 46.1 Å². The zero-order valence-corrected chi connectivity index (χ0v) is 21.6. The fourth-order valence-electron chi connectivity index (χ4n) is 3.79. The summed E-state index contributed by atoms with van der Waals surface area (Å²) in [6.07, 6.45) is 3.46. The van der Waals surface area contributed by atoms with Crippen LogP contribution in [0.2, 0.25) is 0 Å². The summed E-state index contributed by atoms with van der Waals surface area (Å²) in [5.41, 5.74) is 1.89. The van der Waals surface area contributed by atoms with Gasteiger partial charge < -0.3 is 15.5 Å². The summed E-state index contributed by atoms with van der Waals surface area (Å²) in [6.45, 7) is 11.5. The summed E-state index contributed by atoms with van der Waals surface area (Å²) < 4.78 is 0. The van der Waals surface area contributed by atoms with Gasteiger partial charge in [0.25, 0.3) is 5.91 Å². The number of nitrogens with one attached hydrogen (secondary N) is 2. The van der Waals surface area contributed by atoms with Gasteiger partial charge in [-0.1, -0.05) is 26.0 Å². The molecule has 170 valence electrons. The highest BCUT2D eigenvalue weighted by atomic mass is 127. The zero-order valence-electron chi connectivity index (χ0n) is 19.3. The zero-order chi connectivity index (χ0) is 21.2. The minimum absolute atomic E-state index is 0. The van der Waals surface area contributed by atoms with E-state index in [1.807, 2.05) is 18.2 Å². The fraction of sp³-hybridized carbons (Fsp3) is 0.652.